The highest BCUT2D eigenvalue weighted by Crippen LogP contribution is 2.23. The molecule has 3 heterocycles. The number of nitrogens with one attached hydrogen (secondary N) is 1. The van der Waals surface area contributed by atoms with Crippen LogP contribution in [0.3, 0.4) is 0 Å². The van der Waals surface area contributed by atoms with E-state index >= 15 is 0 Å². The molecule has 0 radical (unpaired) electrons. The molecule has 0 bridgehead atoms. The fraction of sp³-hybridized carbons (Fsp3) is 0.333. The summed E-state index contributed by atoms with van der Waals surface area (Å²) in [6, 6.07) is 3.88. The van der Waals surface area contributed by atoms with Gasteiger partial charge in [0.1, 0.15) is 11.5 Å². The first-order valence-electron chi connectivity index (χ1n) is 8.42. The number of hydroxylamine groups is 1. The molecule has 0 amide bonds. The van der Waals surface area contributed by atoms with E-state index in [2.05, 4.69) is 35.7 Å². The molecule has 1 aliphatic heterocycles. The topological polar surface area (TPSA) is 130 Å². The number of anilines is 1. The van der Waals surface area contributed by atoms with Crippen molar-refractivity contribution >= 4 is 29.1 Å². The summed E-state index contributed by atoms with van der Waals surface area (Å²) >= 11 is 5.77. The molecule has 146 valence electrons. The number of tetrazole rings is 1. The molecule has 13 heteroatoms. The van der Waals surface area contributed by atoms with Crippen LogP contribution in [0, 0.1) is 5.82 Å². The van der Waals surface area contributed by atoms with E-state index in [-0.39, 0.29) is 23.1 Å². The average Bonchev–Trinajstić information content (AvgIpc) is 3.44. The van der Waals surface area contributed by atoms with Gasteiger partial charge in [0.25, 0.3) is 0 Å². The molecular formula is C15H15ClFN9O2. The highest BCUT2D eigenvalue weighted by atomic mass is 35.5. The monoisotopic (exact) mass is 407 g/mol. The number of halogens is 2. The third-order valence-electron chi connectivity index (χ3n) is 4.23. The van der Waals surface area contributed by atoms with Gasteiger partial charge in [0.15, 0.2) is 11.5 Å². The molecule has 0 aliphatic carbocycles. The first-order valence-corrected chi connectivity index (χ1v) is 8.80. The lowest BCUT2D eigenvalue weighted by atomic mass is 10.2. The van der Waals surface area contributed by atoms with Crippen molar-refractivity contribution in [2.24, 2.45) is 4.99 Å². The van der Waals surface area contributed by atoms with Gasteiger partial charge in [-0.15, -0.1) is 0 Å². The molecule has 4 rings (SSSR count). The number of hydrogen-bond donors (Lipinski definition) is 2. The summed E-state index contributed by atoms with van der Waals surface area (Å²) in [5.41, 5.74) is 2.77. The molecule has 1 aromatic carbocycles. The Hall–Kier alpha value is -3.12. The zero-order chi connectivity index (χ0) is 19.5. The van der Waals surface area contributed by atoms with E-state index in [1.165, 1.54) is 18.2 Å². The van der Waals surface area contributed by atoms with Gasteiger partial charge in [-0.05, 0) is 46.6 Å². The van der Waals surface area contributed by atoms with Crippen molar-refractivity contribution in [1.29, 1.82) is 0 Å². The van der Waals surface area contributed by atoms with Crippen molar-refractivity contribution < 1.29 is 14.2 Å². The standard InChI is InChI=1S/C15H15ClFN9O2/c16-10-7-9(3-4-11(10)17)18-14(20-27)13-12(21-28-22-13)8-26-15(19-23-24-26)25-5-1-2-6-25/h3-4,7,27H,1-2,5-6,8H2,(H,18,20). The first-order chi connectivity index (χ1) is 13.7. The van der Waals surface area contributed by atoms with Gasteiger partial charge in [-0.2, -0.15) is 0 Å². The highest BCUT2D eigenvalue weighted by molar-refractivity contribution is 6.31. The molecule has 0 saturated carbocycles. The molecule has 2 aromatic heterocycles. The third-order valence-corrected chi connectivity index (χ3v) is 4.52. The molecule has 0 atom stereocenters. The third kappa shape index (κ3) is 3.64. The van der Waals surface area contributed by atoms with Gasteiger partial charge < -0.3 is 4.90 Å². The summed E-state index contributed by atoms with van der Waals surface area (Å²) in [6.45, 7) is 1.91. The Morgan fingerprint density at radius 1 is 1.32 bits per heavy atom. The molecule has 0 unspecified atom stereocenters. The summed E-state index contributed by atoms with van der Waals surface area (Å²) < 4.78 is 19.7. The number of benzene rings is 1. The molecule has 0 spiro atoms. The van der Waals surface area contributed by atoms with E-state index in [1.807, 2.05) is 5.48 Å². The molecular weight excluding hydrogens is 393 g/mol. The number of nitrogens with zero attached hydrogens (tertiary/aromatic N) is 8. The van der Waals surface area contributed by atoms with Gasteiger partial charge in [-0.1, -0.05) is 21.9 Å². The van der Waals surface area contributed by atoms with Crippen LogP contribution in [0.15, 0.2) is 27.8 Å². The number of aliphatic imine (C=N–C) groups is 1. The van der Waals surface area contributed by atoms with E-state index in [0.717, 1.165) is 25.9 Å². The van der Waals surface area contributed by atoms with Gasteiger partial charge in [0.2, 0.25) is 5.95 Å². The fourth-order valence-electron chi connectivity index (χ4n) is 2.89. The Labute approximate surface area is 162 Å². The lowest BCUT2D eigenvalue weighted by Gasteiger charge is -2.15. The molecule has 28 heavy (non-hydrogen) atoms. The van der Waals surface area contributed by atoms with Crippen LogP contribution in [0.5, 0.6) is 0 Å². The quantitative estimate of drug-likeness (QED) is 0.367. The van der Waals surface area contributed by atoms with Gasteiger partial charge in [-0.3, -0.25) is 10.7 Å². The van der Waals surface area contributed by atoms with Crippen molar-refractivity contribution in [3.8, 4) is 0 Å². The van der Waals surface area contributed by atoms with Crippen molar-refractivity contribution in [3.05, 3.63) is 40.4 Å². The van der Waals surface area contributed by atoms with Crippen LogP contribution in [0.1, 0.15) is 24.2 Å². The Kier molecular flexibility index (Phi) is 5.12. The maximum atomic E-state index is 13.3. The van der Waals surface area contributed by atoms with E-state index in [0.29, 0.717) is 17.3 Å². The number of amidine groups is 1. The minimum atomic E-state index is -0.573. The predicted octanol–water partition coefficient (Wildman–Crippen LogP) is 1.55. The Morgan fingerprint density at radius 3 is 2.89 bits per heavy atom. The SMILES string of the molecule is ONC(=Nc1ccc(F)c(Cl)c1)c1nonc1Cn1nnnc1N1CCCC1. The smallest absolute Gasteiger partial charge is 0.245 e. The summed E-state index contributed by atoms with van der Waals surface area (Å²) in [7, 11) is 0. The minimum Gasteiger partial charge on any atom is -0.340 e. The van der Waals surface area contributed by atoms with Crippen LogP contribution in [-0.4, -0.2) is 54.7 Å². The van der Waals surface area contributed by atoms with Gasteiger partial charge >= 0.3 is 0 Å². The van der Waals surface area contributed by atoms with E-state index in [4.69, 9.17) is 16.2 Å². The van der Waals surface area contributed by atoms with Gasteiger partial charge in [0.05, 0.1) is 17.3 Å². The summed E-state index contributed by atoms with van der Waals surface area (Å²) in [5.74, 6) is -0.00187. The average molecular weight is 408 g/mol. The Morgan fingerprint density at radius 2 is 2.14 bits per heavy atom. The van der Waals surface area contributed by atoms with Crippen LogP contribution in [0.2, 0.25) is 5.02 Å². The van der Waals surface area contributed by atoms with Crippen LogP contribution in [0.4, 0.5) is 16.0 Å². The zero-order valence-electron chi connectivity index (χ0n) is 14.5. The number of hydrogen-bond acceptors (Lipinski definition) is 9. The highest BCUT2D eigenvalue weighted by Gasteiger charge is 2.23. The zero-order valence-corrected chi connectivity index (χ0v) is 15.2. The second-order valence-corrected chi connectivity index (χ2v) is 6.47. The van der Waals surface area contributed by atoms with Crippen molar-refractivity contribution in [2.45, 2.75) is 19.4 Å². The van der Waals surface area contributed by atoms with Crippen molar-refractivity contribution in [2.75, 3.05) is 18.0 Å². The fourth-order valence-corrected chi connectivity index (χ4v) is 3.07. The van der Waals surface area contributed by atoms with Crippen LogP contribution < -0.4 is 10.4 Å². The van der Waals surface area contributed by atoms with Crippen LogP contribution in [-0.2, 0) is 6.54 Å². The van der Waals surface area contributed by atoms with E-state index in [1.54, 1.807) is 4.68 Å². The van der Waals surface area contributed by atoms with Crippen molar-refractivity contribution in [1.82, 2.24) is 36.0 Å². The summed E-state index contributed by atoms with van der Waals surface area (Å²) in [5, 5.41) is 28.8. The first kappa shape index (κ1) is 18.3. The molecule has 1 aliphatic rings. The lowest BCUT2D eigenvalue weighted by molar-refractivity contribution is 0.234. The predicted molar refractivity (Wildman–Crippen MR) is 95.2 cm³/mol. The van der Waals surface area contributed by atoms with Gasteiger partial charge in [0, 0.05) is 13.1 Å². The largest absolute Gasteiger partial charge is 0.340 e. The summed E-state index contributed by atoms with van der Waals surface area (Å²) in [4.78, 5) is 6.26. The normalized spacial score (nSPS) is 14.7. The minimum absolute atomic E-state index is 0.0466. The molecule has 1 fully saturated rings. The Bertz CT molecular complexity index is 999. The second kappa shape index (κ2) is 7.86. The second-order valence-electron chi connectivity index (χ2n) is 6.06. The Balaban J connectivity index is 1.62. The molecule has 11 nitrogen and oxygen atoms in total. The summed E-state index contributed by atoms with van der Waals surface area (Å²) in [6.07, 6.45) is 2.16. The van der Waals surface area contributed by atoms with E-state index in [9.17, 15) is 9.60 Å². The maximum absolute atomic E-state index is 13.3. The van der Waals surface area contributed by atoms with Gasteiger partial charge in [-0.25, -0.2) is 18.7 Å². The van der Waals surface area contributed by atoms with E-state index < -0.39 is 5.82 Å². The van der Waals surface area contributed by atoms with Crippen LogP contribution >= 0.6 is 11.6 Å². The number of rotatable bonds is 5. The maximum Gasteiger partial charge on any atom is 0.245 e. The lowest BCUT2D eigenvalue weighted by Crippen LogP contribution is -2.25. The van der Waals surface area contributed by atoms with Crippen molar-refractivity contribution in [3.63, 3.8) is 0 Å². The molecule has 2 N–H and O–H groups in total. The van der Waals surface area contributed by atoms with Crippen LogP contribution in [0.25, 0.3) is 0 Å². The number of aromatic nitrogens is 6. The molecule has 1 saturated heterocycles. The molecule has 3 aromatic rings.